The lowest BCUT2D eigenvalue weighted by Crippen LogP contribution is -2.35. The molecule has 4 N–H and O–H groups in total. The van der Waals surface area contributed by atoms with Crippen LogP contribution in [0.4, 0.5) is 15.8 Å². The van der Waals surface area contributed by atoms with Gasteiger partial charge in [-0.1, -0.05) is 13.8 Å². The third-order valence-corrected chi connectivity index (χ3v) is 5.83. The van der Waals surface area contributed by atoms with Gasteiger partial charge >= 0.3 is 0 Å². The number of hydrogen-bond donors (Lipinski definition) is 2. The molecule has 4 rings (SSSR count). The summed E-state index contributed by atoms with van der Waals surface area (Å²) >= 11 is 0. The van der Waals surface area contributed by atoms with Gasteiger partial charge in [0.2, 0.25) is 0 Å². The van der Waals surface area contributed by atoms with Crippen LogP contribution in [-0.4, -0.2) is 23.7 Å². The topological polar surface area (TPSA) is 77.3 Å². The number of aryl methyl sites for hydroxylation is 1. The molecule has 1 atom stereocenters. The zero-order chi connectivity index (χ0) is 18.1. The lowest BCUT2D eigenvalue weighted by Gasteiger charge is -2.26. The number of benzene rings is 1. The molecule has 1 saturated carbocycles. The fraction of sp³-hybridized carbons (Fsp3) is 0.526. The van der Waals surface area contributed by atoms with Gasteiger partial charge in [-0.25, -0.2) is 4.39 Å². The summed E-state index contributed by atoms with van der Waals surface area (Å²) < 4.78 is 17.3. The second-order valence-electron chi connectivity index (χ2n) is 8.22. The molecule has 5 nitrogen and oxygen atoms in total. The lowest BCUT2D eigenvalue weighted by molar-refractivity contribution is 0.365. The number of nitrogens with zero attached hydrogens (tertiary/aromatic N) is 2. The summed E-state index contributed by atoms with van der Waals surface area (Å²) in [6.07, 6.45) is 3.97. The molecule has 2 heterocycles. The van der Waals surface area contributed by atoms with Crippen molar-refractivity contribution in [3.8, 4) is 0 Å². The highest BCUT2D eigenvalue weighted by molar-refractivity contribution is 5.97. The first kappa shape index (κ1) is 16.4. The number of nitrogens with two attached hydrogens (primary N) is 2. The molecular formula is C19H25FN4O. The van der Waals surface area contributed by atoms with Gasteiger partial charge in [-0.2, -0.15) is 0 Å². The SMILES string of the molecule is Cc1c(N2C[C@@H](N)C(C)(C)C2)c(F)c(N)c2c(=O)ccn(C3CC3)c12. The van der Waals surface area contributed by atoms with Crippen LogP contribution in [0.15, 0.2) is 17.1 Å². The van der Waals surface area contributed by atoms with Gasteiger partial charge in [-0.3, -0.25) is 4.79 Å². The lowest BCUT2D eigenvalue weighted by atomic mass is 9.89. The molecule has 25 heavy (non-hydrogen) atoms. The van der Waals surface area contributed by atoms with E-state index in [1.54, 1.807) is 0 Å². The van der Waals surface area contributed by atoms with Crippen molar-refractivity contribution in [3.05, 3.63) is 33.9 Å². The van der Waals surface area contributed by atoms with Crippen molar-refractivity contribution in [2.75, 3.05) is 23.7 Å². The van der Waals surface area contributed by atoms with Gasteiger partial charge in [-0.15, -0.1) is 0 Å². The van der Waals surface area contributed by atoms with Crippen molar-refractivity contribution >= 4 is 22.3 Å². The van der Waals surface area contributed by atoms with Crippen molar-refractivity contribution in [2.24, 2.45) is 11.1 Å². The van der Waals surface area contributed by atoms with E-state index in [-0.39, 0.29) is 22.6 Å². The summed E-state index contributed by atoms with van der Waals surface area (Å²) in [5.41, 5.74) is 14.0. The first-order valence-electron chi connectivity index (χ1n) is 8.85. The standard InChI is InChI=1S/C19H25FN4O/c1-10-17-14(12(25)6-7-24(17)11-4-5-11)16(22)15(20)18(10)23-8-13(21)19(2,3)9-23/h6-7,11,13H,4-5,8-9,21-22H2,1-3H3/t13-/m1/s1. The van der Waals surface area contributed by atoms with E-state index in [4.69, 9.17) is 11.5 Å². The van der Waals surface area contributed by atoms with Crippen LogP contribution < -0.4 is 21.8 Å². The van der Waals surface area contributed by atoms with Crippen LogP contribution in [0.1, 0.15) is 38.3 Å². The number of hydrogen-bond acceptors (Lipinski definition) is 4. The highest BCUT2D eigenvalue weighted by Gasteiger charge is 2.39. The quantitative estimate of drug-likeness (QED) is 0.821. The van der Waals surface area contributed by atoms with Gasteiger partial charge in [0.1, 0.15) is 0 Å². The van der Waals surface area contributed by atoms with Crippen LogP contribution in [0.25, 0.3) is 10.9 Å². The highest BCUT2D eigenvalue weighted by Crippen LogP contribution is 2.43. The summed E-state index contributed by atoms with van der Waals surface area (Å²) in [6.45, 7) is 7.31. The van der Waals surface area contributed by atoms with Gasteiger partial charge in [0.25, 0.3) is 0 Å². The third-order valence-electron chi connectivity index (χ3n) is 5.83. The second-order valence-corrected chi connectivity index (χ2v) is 8.22. The first-order valence-corrected chi connectivity index (χ1v) is 8.85. The Hall–Kier alpha value is -2.08. The fourth-order valence-corrected chi connectivity index (χ4v) is 4.07. The summed E-state index contributed by atoms with van der Waals surface area (Å²) in [5.74, 6) is -0.499. The molecule has 0 spiro atoms. The van der Waals surface area contributed by atoms with Crippen LogP contribution in [0, 0.1) is 18.2 Å². The summed E-state index contributed by atoms with van der Waals surface area (Å²) in [7, 11) is 0. The van der Waals surface area contributed by atoms with Crippen LogP contribution in [-0.2, 0) is 0 Å². The summed E-state index contributed by atoms with van der Waals surface area (Å²) in [4.78, 5) is 14.4. The molecule has 2 aliphatic rings. The Kier molecular flexibility index (Phi) is 3.41. The van der Waals surface area contributed by atoms with Crippen molar-refractivity contribution in [3.63, 3.8) is 0 Å². The van der Waals surface area contributed by atoms with E-state index < -0.39 is 5.82 Å². The van der Waals surface area contributed by atoms with Crippen LogP contribution in [0.5, 0.6) is 0 Å². The molecule has 2 fully saturated rings. The molecule has 0 bridgehead atoms. The van der Waals surface area contributed by atoms with Crippen LogP contribution in [0.3, 0.4) is 0 Å². The monoisotopic (exact) mass is 344 g/mol. The number of anilines is 2. The molecule has 1 aliphatic carbocycles. The number of pyridine rings is 1. The average Bonchev–Trinajstić information content (AvgIpc) is 3.33. The Morgan fingerprint density at radius 3 is 2.56 bits per heavy atom. The van der Waals surface area contributed by atoms with Crippen molar-refractivity contribution in [2.45, 2.75) is 45.7 Å². The largest absolute Gasteiger partial charge is 0.396 e. The maximum Gasteiger partial charge on any atom is 0.191 e. The second kappa shape index (κ2) is 5.21. The molecule has 1 saturated heterocycles. The summed E-state index contributed by atoms with van der Waals surface area (Å²) in [5, 5.41) is 0.302. The molecule has 2 aromatic rings. The van der Waals surface area contributed by atoms with E-state index in [9.17, 15) is 4.79 Å². The molecule has 1 aliphatic heterocycles. The normalized spacial score (nSPS) is 22.8. The van der Waals surface area contributed by atoms with E-state index in [1.165, 1.54) is 6.07 Å². The van der Waals surface area contributed by atoms with Gasteiger partial charge in [0.05, 0.1) is 22.3 Å². The zero-order valence-electron chi connectivity index (χ0n) is 15.0. The minimum absolute atomic E-state index is 0.0374. The fourth-order valence-electron chi connectivity index (χ4n) is 4.07. The van der Waals surface area contributed by atoms with Gasteiger partial charge in [-0.05, 0) is 30.7 Å². The molecular weight excluding hydrogens is 319 g/mol. The number of nitrogen functional groups attached to an aromatic ring is 1. The van der Waals surface area contributed by atoms with Crippen LogP contribution >= 0.6 is 0 Å². The third kappa shape index (κ3) is 2.34. The van der Waals surface area contributed by atoms with Crippen molar-refractivity contribution in [1.82, 2.24) is 4.57 Å². The molecule has 6 heteroatoms. The van der Waals surface area contributed by atoms with E-state index in [0.29, 0.717) is 30.2 Å². The predicted octanol–water partition coefficient (Wildman–Crippen LogP) is 2.54. The van der Waals surface area contributed by atoms with Crippen LogP contribution in [0.2, 0.25) is 0 Å². The van der Waals surface area contributed by atoms with Gasteiger partial charge in [0.15, 0.2) is 11.2 Å². The smallest absolute Gasteiger partial charge is 0.191 e. The minimum atomic E-state index is -0.499. The highest BCUT2D eigenvalue weighted by atomic mass is 19.1. The maximum absolute atomic E-state index is 15.2. The Balaban J connectivity index is 2.00. The van der Waals surface area contributed by atoms with Crippen molar-refractivity contribution in [1.29, 1.82) is 0 Å². The number of aromatic nitrogens is 1. The average molecular weight is 344 g/mol. The molecule has 1 aromatic heterocycles. The van der Waals surface area contributed by atoms with E-state index >= 15 is 4.39 Å². The molecule has 0 amide bonds. The number of fused-ring (bicyclic) bond motifs is 1. The Morgan fingerprint density at radius 1 is 1.32 bits per heavy atom. The predicted molar refractivity (Wildman–Crippen MR) is 99.6 cm³/mol. The molecule has 0 unspecified atom stereocenters. The molecule has 134 valence electrons. The Morgan fingerprint density at radius 2 is 2.00 bits per heavy atom. The number of halogens is 1. The van der Waals surface area contributed by atoms with Gasteiger partial charge in [0, 0.05) is 37.4 Å². The maximum atomic E-state index is 15.2. The van der Waals surface area contributed by atoms with Gasteiger partial charge < -0.3 is 20.9 Å². The van der Waals surface area contributed by atoms with Crippen molar-refractivity contribution < 1.29 is 4.39 Å². The minimum Gasteiger partial charge on any atom is -0.396 e. The zero-order valence-corrected chi connectivity index (χ0v) is 15.0. The first-order chi connectivity index (χ1) is 11.7. The molecule has 1 aromatic carbocycles. The Bertz CT molecular complexity index is 929. The number of rotatable bonds is 2. The van der Waals surface area contributed by atoms with E-state index in [2.05, 4.69) is 18.4 Å². The van der Waals surface area contributed by atoms with E-state index in [0.717, 1.165) is 23.9 Å². The summed E-state index contributed by atoms with van der Waals surface area (Å²) in [6, 6.07) is 1.83. The Labute approximate surface area is 146 Å². The molecule has 0 radical (unpaired) electrons. The van der Waals surface area contributed by atoms with E-state index in [1.807, 2.05) is 18.0 Å².